The molecule has 0 bridgehead atoms. The number of carbonyl (C=O) groups excluding carboxylic acids is 1. The maximum atomic E-state index is 12.5. The lowest BCUT2D eigenvalue weighted by atomic mass is 9.96. The van der Waals surface area contributed by atoms with E-state index in [0.717, 1.165) is 36.9 Å². The fourth-order valence-electron chi connectivity index (χ4n) is 4.40. The molecule has 166 valence electrons. The summed E-state index contributed by atoms with van der Waals surface area (Å²) in [5, 5.41) is 0.828. The van der Waals surface area contributed by atoms with Gasteiger partial charge in [-0.3, -0.25) is 9.69 Å². The van der Waals surface area contributed by atoms with Crippen molar-refractivity contribution < 1.29 is 4.79 Å². The van der Waals surface area contributed by atoms with Crippen molar-refractivity contribution >= 4 is 28.9 Å². The number of carbonyl (C=O) groups is 1. The maximum absolute atomic E-state index is 12.5. The molecule has 2 aliphatic heterocycles. The molecular formula is C28H27N3OS. The lowest BCUT2D eigenvalue weighted by Crippen LogP contribution is -2.49. The summed E-state index contributed by atoms with van der Waals surface area (Å²) >= 11 is 1.50. The molecule has 0 aromatic heterocycles. The van der Waals surface area contributed by atoms with Gasteiger partial charge in [0.25, 0.3) is 5.91 Å². The van der Waals surface area contributed by atoms with E-state index in [9.17, 15) is 4.79 Å². The minimum Gasteiger partial charge on any atom is -0.348 e. The molecular weight excluding hydrogens is 426 g/mol. The first-order valence-corrected chi connectivity index (χ1v) is 12.2. The SMILES string of the molecule is Cc1ccc(/C=C2/SC(N3CCN(C(c4ccccc4)c4ccccc4)CC3)=NC2=O)cc1. The number of hydrogen-bond acceptors (Lipinski definition) is 4. The van der Waals surface area contributed by atoms with E-state index >= 15 is 0 Å². The zero-order chi connectivity index (χ0) is 22.6. The Morgan fingerprint density at radius 1 is 0.818 bits per heavy atom. The van der Waals surface area contributed by atoms with E-state index in [2.05, 4.69) is 94.5 Å². The second-order valence-electron chi connectivity index (χ2n) is 8.47. The molecule has 2 heterocycles. The molecule has 0 N–H and O–H groups in total. The van der Waals surface area contributed by atoms with Crippen LogP contribution in [0, 0.1) is 6.92 Å². The van der Waals surface area contributed by atoms with E-state index in [4.69, 9.17) is 0 Å². The summed E-state index contributed by atoms with van der Waals surface area (Å²) in [7, 11) is 0. The van der Waals surface area contributed by atoms with E-state index < -0.39 is 0 Å². The molecule has 4 nitrogen and oxygen atoms in total. The van der Waals surface area contributed by atoms with Crippen molar-refractivity contribution in [3.05, 3.63) is 112 Å². The third-order valence-corrected chi connectivity index (χ3v) is 7.21. The van der Waals surface area contributed by atoms with Crippen molar-refractivity contribution in [3.63, 3.8) is 0 Å². The van der Waals surface area contributed by atoms with Gasteiger partial charge in [-0.15, -0.1) is 0 Å². The Morgan fingerprint density at radius 2 is 1.39 bits per heavy atom. The summed E-state index contributed by atoms with van der Waals surface area (Å²) in [5.41, 5.74) is 4.86. The quantitative estimate of drug-likeness (QED) is 0.498. The first-order valence-electron chi connectivity index (χ1n) is 11.4. The van der Waals surface area contributed by atoms with Crippen molar-refractivity contribution in [1.29, 1.82) is 0 Å². The minimum absolute atomic E-state index is 0.135. The summed E-state index contributed by atoms with van der Waals surface area (Å²) < 4.78 is 0. The number of nitrogens with zero attached hydrogens (tertiary/aromatic N) is 3. The summed E-state index contributed by atoms with van der Waals surface area (Å²) in [6.45, 7) is 5.60. The van der Waals surface area contributed by atoms with Gasteiger partial charge in [0, 0.05) is 26.2 Å². The van der Waals surface area contributed by atoms with Crippen LogP contribution in [0.1, 0.15) is 28.3 Å². The van der Waals surface area contributed by atoms with Crippen molar-refractivity contribution in [1.82, 2.24) is 9.80 Å². The number of thioether (sulfide) groups is 1. The predicted molar refractivity (Wildman–Crippen MR) is 137 cm³/mol. The fourth-order valence-corrected chi connectivity index (χ4v) is 5.37. The highest BCUT2D eigenvalue weighted by Gasteiger charge is 2.31. The minimum atomic E-state index is -0.135. The molecule has 1 saturated heterocycles. The molecule has 33 heavy (non-hydrogen) atoms. The third kappa shape index (κ3) is 4.95. The average Bonchev–Trinajstić information content (AvgIpc) is 3.22. The van der Waals surface area contributed by atoms with Crippen LogP contribution >= 0.6 is 11.8 Å². The van der Waals surface area contributed by atoms with Gasteiger partial charge in [0.1, 0.15) is 0 Å². The van der Waals surface area contributed by atoms with E-state index in [1.54, 1.807) is 0 Å². The Balaban J connectivity index is 1.28. The lowest BCUT2D eigenvalue weighted by molar-refractivity contribution is -0.113. The number of amides is 1. The molecule has 1 amide bonds. The van der Waals surface area contributed by atoms with Gasteiger partial charge in [0.2, 0.25) is 0 Å². The molecule has 5 heteroatoms. The van der Waals surface area contributed by atoms with Crippen LogP contribution in [0.5, 0.6) is 0 Å². The standard InChI is InChI=1S/C28H27N3OS/c1-21-12-14-22(15-13-21)20-25-27(32)29-28(33-25)31-18-16-30(17-19-31)26(23-8-4-2-5-9-23)24-10-6-3-7-11-24/h2-15,20,26H,16-19H2,1H3/b25-20+. The first-order chi connectivity index (χ1) is 16.2. The van der Waals surface area contributed by atoms with Gasteiger partial charge in [-0.2, -0.15) is 4.99 Å². The molecule has 1 fully saturated rings. The highest BCUT2D eigenvalue weighted by atomic mass is 32.2. The zero-order valence-corrected chi connectivity index (χ0v) is 19.5. The van der Waals surface area contributed by atoms with Crippen LogP contribution in [-0.4, -0.2) is 47.1 Å². The lowest BCUT2D eigenvalue weighted by Gasteiger charge is -2.40. The smallest absolute Gasteiger partial charge is 0.286 e. The molecule has 2 aliphatic rings. The fraction of sp³-hybridized carbons (Fsp3) is 0.214. The highest BCUT2D eigenvalue weighted by molar-refractivity contribution is 8.18. The van der Waals surface area contributed by atoms with Crippen molar-refractivity contribution in [2.45, 2.75) is 13.0 Å². The zero-order valence-electron chi connectivity index (χ0n) is 18.7. The number of rotatable bonds is 4. The molecule has 3 aromatic rings. The molecule has 5 rings (SSSR count). The molecule has 0 unspecified atom stereocenters. The van der Waals surface area contributed by atoms with Crippen LogP contribution in [0.3, 0.4) is 0 Å². The summed E-state index contributed by atoms with van der Waals surface area (Å²) in [6, 6.07) is 29.9. The first kappa shape index (κ1) is 21.7. The van der Waals surface area contributed by atoms with Gasteiger partial charge in [-0.1, -0.05) is 90.5 Å². The number of aryl methyl sites for hydroxylation is 1. The molecule has 0 saturated carbocycles. The molecule has 0 atom stereocenters. The van der Waals surface area contributed by atoms with Gasteiger partial charge in [0.05, 0.1) is 10.9 Å². The number of aliphatic imine (C=N–C) groups is 1. The van der Waals surface area contributed by atoms with Crippen molar-refractivity contribution in [2.24, 2.45) is 4.99 Å². The van der Waals surface area contributed by atoms with Crippen LogP contribution in [0.15, 0.2) is 94.8 Å². The number of amidine groups is 1. The normalized spacial score (nSPS) is 18.2. The van der Waals surface area contributed by atoms with Gasteiger partial charge >= 0.3 is 0 Å². The van der Waals surface area contributed by atoms with E-state index in [-0.39, 0.29) is 11.9 Å². The topological polar surface area (TPSA) is 35.9 Å². The number of piperazine rings is 1. The van der Waals surface area contributed by atoms with E-state index in [1.807, 2.05) is 18.2 Å². The third-order valence-electron chi connectivity index (χ3n) is 6.16. The van der Waals surface area contributed by atoms with Crippen molar-refractivity contribution in [3.8, 4) is 0 Å². The number of benzene rings is 3. The molecule has 0 spiro atoms. The monoisotopic (exact) mass is 453 g/mol. The van der Waals surface area contributed by atoms with Crippen molar-refractivity contribution in [2.75, 3.05) is 26.2 Å². The van der Waals surface area contributed by atoms with Crippen LogP contribution in [0.4, 0.5) is 0 Å². The van der Waals surface area contributed by atoms with Gasteiger partial charge in [-0.25, -0.2) is 0 Å². The Morgan fingerprint density at radius 3 is 1.97 bits per heavy atom. The average molecular weight is 454 g/mol. The van der Waals surface area contributed by atoms with Gasteiger partial charge < -0.3 is 4.90 Å². The second-order valence-corrected chi connectivity index (χ2v) is 9.48. The van der Waals surface area contributed by atoms with E-state index in [0.29, 0.717) is 4.91 Å². The second kappa shape index (κ2) is 9.77. The van der Waals surface area contributed by atoms with Gasteiger partial charge in [-0.05, 0) is 41.5 Å². The molecule has 0 radical (unpaired) electrons. The Kier molecular flexibility index (Phi) is 6.42. The Hall–Kier alpha value is -3.15. The predicted octanol–water partition coefficient (Wildman–Crippen LogP) is 5.37. The summed E-state index contributed by atoms with van der Waals surface area (Å²) in [6.07, 6.45) is 1.94. The number of hydrogen-bond donors (Lipinski definition) is 0. The van der Waals surface area contributed by atoms with Gasteiger partial charge in [0.15, 0.2) is 5.17 Å². The Labute approximate surface area is 199 Å². The van der Waals surface area contributed by atoms with Crippen LogP contribution < -0.4 is 0 Å². The van der Waals surface area contributed by atoms with Crippen LogP contribution in [0.2, 0.25) is 0 Å². The van der Waals surface area contributed by atoms with E-state index in [1.165, 1.54) is 28.5 Å². The Bertz CT molecular complexity index is 1130. The molecule has 0 aliphatic carbocycles. The summed E-state index contributed by atoms with van der Waals surface area (Å²) in [5.74, 6) is -0.135. The maximum Gasteiger partial charge on any atom is 0.286 e. The summed E-state index contributed by atoms with van der Waals surface area (Å²) in [4.78, 5) is 22.4. The largest absolute Gasteiger partial charge is 0.348 e. The molecule has 3 aromatic carbocycles. The highest BCUT2D eigenvalue weighted by Crippen LogP contribution is 2.33. The van der Waals surface area contributed by atoms with Crippen LogP contribution in [-0.2, 0) is 4.79 Å². The van der Waals surface area contributed by atoms with Crippen LogP contribution in [0.25, 0.3) is 6.08 Å².